The second-order valence-electron chi connectivity index (χ2n) is 5.59. The van der Waals surface area contributed by atoms with Crippen LogP contribution < -0.4 is 5.32 Å². The number of amides is 1. The van der Waals surface area contributed by atoms with E-state index in [2.05, 4.69) is 10.3 Å². The second kappa shape index (κ2) is 6.04. The largest absolute Gasteiger partial charge is 0.350 e. The van der Waals surface area contributed by atoms with Gasteiger partial charge in [-0.25, -0.2) is 0 Å². The molecule has 1 aliphatic rings. The molecule has 0 unspecified atom stereocenters. The number of hydrogen-bond donors (Lipinski definition) is 1. The fraction of sp³-hybridized carbons (Fsp3) is 0.412. The second-order valence-corrected chi connectivity index (χ2v) is 5.59. The van der Waals surface area contributed by atoms with Gasteiger partial charge in [0.05, 0.1) is 0 Å². The lowest BCUT2D eigenvalue weighted by Crippen LogP contribution is -2.30. The molecule has 1 aromatic heterocycles. The highest BCUT2D eigenvalue weighted by molar-refractivity contribution is 6.05. The molecule has 0 aliphatic heterocycles. The van der Waals surface area contributed by atoms with Crippen LogP contribution >= 0.6 is 0 Å². The number of pyridine rings is 1. The summed E-state index contributed by atoms with van der Waals surface area (Å²) in [5, 5.41) is 5.05. The van der Waals surface area contributed by atoms with E-state index in [1.165, 1.54) is 32.1 Å². The van der Waals surface area contributed by atoms with Crippen molar-refractivity contribution in [3.8, 4) is 0 Å². The maximum atomic E-state index is 12.3. The SMILES string of the molecule is O=C(NCC1CCCCC1)c1nccc2ccccc12. The van der Waals surface area contributed by atoms with E-state index in [0.29, 0.717) is 11.6 Å². The third kappa shape index (κ3) is 2.82. The molecule has 0 atom stereocenters. The fourth-order valence-electron chi connectivity index (χ4n) is 3.01. The summed E-state index contributed by atoms with van der Waals surface area (Å²) in [5.74, 6) is 0.593. The number of benzene rings is 1. The molecule has 2 aromatic rings. The zero-order chi connectivity index (χ0) is 13.8. The van der Waals surface area contributed by atoms with Gasteiger partial charge in [-0.05, 0) is 30.2 Å². The van der Waals surface area contributed by atoms with Gasteiger partial charge in [-0.15, -0.1) is 0 Å². The Kier molecular flexibility index (Phi) is 3.95. The van der Waals surface area contributed by atoms with Crippen LogP contribution in [0, 0.1) is 5.92 Å². The molecule has 0 saturated heterocycles. The number of carbonyl (C=O) groups is 1. The minimum absolute atomic E-state index is 0.0487. The number of carbonyl (C=O) groups excluding carboxylic acids is 1. The molecule has 3 heteroatoms. The van der Waals surface area contributed by atoms with Crippen LogP contribution in [0.2, 0.25) is 0 Å². The van der Waals surface area contributed by atoms with Crippen LogP contribution in [0.25, 0.3) is 10.8 Å². The first-order valence-electron chi connectivity index (χ1n) is 7.46. The number of nitrogens with zero attached hydrogens (tertiary/aromatic N) is 1. The fourth-order valence-corrected chi connectivity index (χ4v) is 3.01. The predicted molar refractivity (Wildman–Crippen MR) is 80.7 cm³/mol. The molecule has 3 rings (SSSR count). The van der Waals surface area contributed by atoms with Crippen molar-refractivity contribution in [1.82, 2.24) is 10.3 Å². The molecule has 1 N–H and O–H groups in total. The van der Waals surface area contributed by atoms with Crippen LogP contribution in [-0.2, 0) is 0 Å². The molecule has 0 radical (unpaired) electrons. The molecule has 1 amide bonds. The van der Waals surface area contributed by atoms with Crippen LogP contribution in [0.1, 0.15) is 42.6 Å². The van der Waals surface area contributed by atoms with Crippen LogP contribution in [-0.4, -0.2) is 17.4 Å². The lowest BCUT2D eigenvalue weighted by Gasteiger charge is -2.21. The van der Waals surface area contributed by atoms with Crippen molar-refractivity contribution in [3.05, 3.63) is 42.2 Å². The van der Waals surface area contributed by atoms with Gasteiger partial charge in [-0.1, -0.05) is 43.5 Å². The Balaban J connectivity index is 1.72. The van der Waals surface area contributed by atoms with Crippen molar-refractivity contribution in [3.63, 3.8) is 0 Å². The van der Waals surface area contributed by atoms with Crippen LogP contribution in [0.5, 0.6) is 0 Å². The number of hydrogen-bond acceptors (Lipinski definition) is 2. The van der Waals surface area contributed by atoms with Crippen molar-refractivity contribution in [2.45, 2.75) is 32.1 Å². The Bertz CT molecular complexity index is 597. The number of rotatable bonds is 3. The highest BCUT2D eigenvalue weighted by atomic mass is 16.1. The van der Waals surface area contributed by atoms with Gasteiger partial charge < -0.3 is 5.32 Å². The van der Waals surface area contributed by atoms with Crippen LogP contribution in [0.3, 0.4) is 0 Å². The Morgan fingerprint density at radius 1 is 1.15 bits per heavy atom. The van der Waals surface area contributed by atoms with E-state index < -0.39 is 0 Å². The first-order chi connectivity index (χ1) is 9.84. The van der Waals surface area contributed by atoms with Crippen LogP contribution in [0.15, 0.2) is 36.5 Å². The van der Waals surface area contributed by atoms with Gasteiger partial charge in [0.15, 0.2) is 0 Å². The molecular weight excluding hydrogens is 248 g/mol. The summed E-state index contributed by atoms with van der Waals surface area (Å²) >= 11 is 0. The topological polar surface area (TPSA) is 42.0 Å². The molecule has 0 spiro atoms. The van der Waals surface area contributed by atoms with E-state index >= 15 is 0 Å². The van der Waals surface area contributed by atoms with E-state index in [0.717, 1.165) is 17.3 Å². The third-order valence-electron chi connectivity index (χ3n) is 4.16. The van der Waals surface area contributed by atoms with Crippen molar-refractivity contribution in [2.24, 2.45) is 5.92 Å². The van der Waals surface area contributed by atoms with Gasteiger partial charge in [0.1, 0.15) is 5.69 Å². The normalized spacial score (nSPS) is 16.2. The van der Waals surface area contributed by atoms with Gasteiger partial charge in [-0.3, -0.25) is 9.78 Å². The summed E-state index contributed by atoms with van der Waals surface area (Å²) in [6.45, 7) is 0.781. The molecular formula is C17H20N2O. The minimum atomic E-state index is -0.0487. The van der Waals surface area contributed by atoms with E-state index in [9.17, 15) is 4.79 Å². The standard InChI is InChI=1S/C17H20N2O/c20-17(19-12-13-6-2-1-3-7-13)16-15-9-5-4-8-14(15)10-11-18-16/h4-5,8-11,13H,1-3,6-7,12H2,(H,19,20). The summed E-state index contributed by atoms with van der Waals surface area (Å²) in [5.41, 5.74) is 0.541. The Morgan fingerprint density at radius 3 is 2.80 bits per heavy atom. The molecule has 1 fully saturated rings. The summed E-state index contributed by atoms with van der Waals surface area (Å²) in [7, 11) is 0. The monoisotopic (exact) mass is 268 g/mol. The molecule has 3 nitrogen and oxygen atoms in total. The van der Waals surface area contributed by atoms with Gasteiger partial charge in [0, 0.05) is 18.1 Å². The van der Waals surface area contributed by atoms with E-state index in [4.69, 9.17) is 0 Å². The summed E-state index contributed by atoms with van der Waals surface area (Å²) in [6.07, 6.45) is 8.12. The zero-order valence-corrected chi connectivity index (χ0v) is 11.6. The lowest BCUT2D eigenvalue weighted by molar-refractivity contribution is 0.0940. The predicted octanol–water partition coefficient (Wildman–Crippen LogP) is 3.54. The average molecular weight is 268 g/mol. The van der Waals surface area contributed by atoms with Gasteiger partial charge in [0.2, 0.25) is 0 Å². The molecule has 1 aromatic carbocycles. The molecule has 104 valence electrons. The molecule has 1 heterocycles. The summed E-state index contributed by atoms with van der Waals surface area (Å²) in [6, 6.07) is 9.83. The first kappa shape index (κ1) is 13.1. The Morgan fingerprint density at radius 2 is 1.95 bits per heavy atom. The smallest absolute Gasteiger partial charge is 0.270 e. The summed E-state index contributed by atoms with van der Waals surface area (Å²) < 4.78 is 0. The maximum absolute atomic E-state index is 12.3. The number of nitrogens with one attached hydrogen (secondary N) is 1. The first-order valence-corrected chi connectivity index (χ1v) is 7.46. The minimum Gasteiger partial charge on any atom is -0.350 e. The molecule has 1 saturated carbocycles. The van der Waals surface area contributed by atoms with Crippen LogP contribution in [0.4, 0.5) is 0 Å². The van der Waals surface area contributed by atoms with Crippen molar-refractivity contribution in [1.29, 1.82) is 0 Å². The zero-order valence-electron chi connectivity index (χ0n) is 11.6. The maximum Gasteiger partial charge on any atom is 0.270 e. The molecule has 20 heavy (non-hydrogen) atoms. The lowest BCUT2D eigenvalue weighted by atomic mass is 9.89. The van der Waals surface area contributed by atoms with E-state index in [-0.39, 0.29) is 5.91 Å². The Hall–Kier alpha value is -1.90. The van der Waals surface area contributed by atoms with Crippen molar-refractivity contribution >= 4 is 16.7 Å². The Labute approximate surface area is 119 Å². The van der Waals surface area contributed by atoms with Crippen molar-refractivity contribution < 1.29 is 4.79 Å². The van der Waals surface area contributed by atoms with Gasteiger partial charge in [0.25, 0.3) is 5.91 Å². The highest BCUT2D eigenvalue weighted by Crippen LogP contribution is 2.23. The number of fused-ring (bicyclic) bond motifs is 1. The third-order valence-corrected chi connectivity index (χ3v) is 4.16. The van der Waals surface area contributed by atoms with Crippen molar-refractivity contribution in [2.75, 3.05) is 6.54 Å². The van der Waals surface area contributed by atoms with Gasteiger partial charge >= 0.3 is 0 Å². The molecule has 1 aliphatic carbocycles. The summed E-state index contributed by atoms with van der Waals surface area (Å²) in [4.78, 5) is 16.6. The highest BCUT2D eigenvalue weighted by Gasteiger charge is 2.16. The van der Waals surface area contributed by atoms with E-state index in [1.807, 2.05) is 30.3 Å². The quantitative estimate of drug-likeness (QED) is 0.925. The van der Waals surface area contributed by atoms with Gasteiger partial charge in [-0.2, -0.15) is 0 Å². The molecule has 0 bridgehead atoms. The van der Waals surface area contributed by atoms with E-state index in [1.54, 1.807) is 6.20 Å². The average Bonchev–Trinajstić information content (AvgIpc) is 2.53. The number of aromatic nitrogens is 1.